The fourth-order valence-corrected chi connectivity index (χ4v) is 1.43. The Labute approximate surface area is 67.1 Å². The Kier molecular flexibility index (Phi) is 3.80. The smallest absolute Gasteiger partial charge is 0.113 e. The Hall–Kier alpha value is -0.150. The first-order chi connectivity index (χ1) is 5.36. The van der Waals surface area contributed by atoms with Crippen LogP contribution in [0.15, 0.2) is 0 Å². The van der Waals surface area contributed by atoms with E-state index in [-0.39, 0.29) is 19.4 Å². The summed E-state index contributed by atoms with van der Waals surface area (Å²) in [6, 6.07) is 0.583. The van der Waals surface area contributed by atoms with Gasteiger partial charge in [0, 0.05) is 12.6 Å². The lowest BCUT2D eigenvalue weighted by Gasteiger charge is -2.08. The molecule has 2 unspecified atom stereocenters. The van der Waals surface area contributed by atoms with E-state index in [1.807, 2.05) is 0 Å². The summed E-state index contributed by atoms with van der Waals surface area (Å²) in [6.07, 6.45) is 2.42. The third-order valence-corrected chi connectivity index (χ3v) is 2.11. The van der Waals surface area contributed by atoms with Crippen molar-refractivity contribution < 1.29 is 9.13 Å². The summed E-state index contributed by atoms with van der Waals surface area (Å²) < 4.78 is 16.9. The SMILES string of the molecule is CCC1CC(OCCF)CN1. The molecule has 66 valence electrons. The minimum Gasteiger partial charge on any atom is -0.374 e. The summed E-state index contributed by atoms with van der Waals surface area (Å²) in [4.78, 5) is 0. The lowest BCUT2D eigenvalue weighted by Crippen LogP contribution is -2.20. The predicted octanol–water partition coefficient (Wildman–Crippen LogP) is 1.11. The van der Waals surface area contributed by atoms with Crippen molar-refractivity contribution >= 4 is 0 Å². The minimum absolute atomic E-state index is 0.246. The Bertz CT molecular complexity index is 110. The van der Waals surface area contributed by atoms with Gasteiger partial charge in [-0.2, -0.15) is 0 Å². The van der Waals surface area contributed by atoms with Crippen LogP contribution in [-0.4, -0.2) is 32.0 Å². The van der Waals surface area contributed by atoms with E-state index in [4.69, 9.17) is 4.74 Å². The molecule has 0 spiro atoms. The highest BCUT2D eigenvalue weighted by atomic mass is 19.1. The molecule has 1 fully saturated rings. The van der Waals surface area contributed by atoms with Gasteiger partial charge in [-0.3, -0.25) is 0 Å². The molecule has 2 nitrogen and oxygen atoms in total. The molecule has 1 aliphatic rings. The van der Waals surface area contributed by atoms with Gasteiger partial charge in [0.05, 0.1) is 12.7 Å². The molecule has 0 bridgehead atoms. The van der Waals surface area contributed by atoms with Gasteiger partial charge in [0.2, 0.25) is 0 Å². The molecule has 2 atom stereocenters. The maximum atomic E-state index is 11.7. The van der Waals surface area contributed by atoms with Crippen molar-refractivity contribution in [3.8, 4) is 0 Å². The zero-order valence-electron chi connectivity index (χ0n) is 6.98. The number of rotatable bonds is 4. The first kappa shape index (κ1) is 8.94. The summed E-state index contributed by atoms with van der Waals surface area (Å²) in [5.41, 5.74) is 0. The Morgan fingerprint density at radius 1 is 1.64 bits per heavy atom. The summed E-state index contributed by atoms with van der Waals surface area (Å²) in [5, 5.41) is 3.32. The average molecular weight is 161 g/mol. The highest BCUT2D eigenvalue weighted by molar-refractivity contribution is 4.80. The molecule has 0 aliphatic carbocycles. The van der Waals surface area contributed by atoms with E-state index in [0.717, 1.165) is 19.4 Å². The van der Waals surface area contributed by atoms with Crippen molar-refractivity contribution in [1.82, 2.24) is 5.32 Å². The third-order valence-electron chi connectivity index (χ3n) is 2.11. The maximum Gasteiger partial charge on any atom is 0.113 e. The molecule has 0 aromatic heterocycles. The Morgan fingerprint density at radius 3 is 3.00 bits per heavy atom. The summed E-state index contributed by atoms with van der Waals surface area (Å²) in [6.45, 7) is 2.92. The number of ether oxygens (including phenoxy) is 1. The van der Waals surface area contributed by atoms with Crippen LogP contribution < -0.4 is 5.32 Å². The fraction of sp³-hybridized carbons (Fsp3) is 1.00. The van der Waals surface area contributed by atoms with Crippen LogP contribution in [-0.2, 0) is 4.74 Å². The molecule has 11 heavy (non-hydrogen) atoms. The van der Waals surface area contributed by atoms with Crippen molar-refractivity contribution in [3.63, 3.8) is 0 Å². The van der Waals surface area contributed by atoms with Gasteiger partial charge in [-0.05, 0) is 12.8 Å². The van der Waals surface area contributed by atoms with Crippen LogP contribution in [0.4, 0.5) is 4.39 Å². The molecule has 1 N–H and O–H groups in total. The van der Waals surface area contributed by atoms with Crippen LogP contribution in [0, 0.1) is 0 Å². The van der Waals surface area contributed by atoms with E-state index in [9.17, 15) is 4.39 Å². The molecule has 0 aromatic rings. The van der Waals surface area contributed by atoms with Crippen molar-refractivity contribution in [2.75, 3.05) is 19.8 Å². The predicted molar refractivity (Wildman–Crippen MR) is 42.4 cm³/mol. The molecule has 0 saturated carbocycles. The van der Waals surface area contributed by atoms with Gasteiger partial charge < -0.3 is 10.1 Å². The molecule has 0 radical (unpaired) electrons. The lowest BCUT2D eigenvalue weighted by atomic mass is 10.1. The Balaban J connectivity index is 2.09. The minimum atomic E-state index is -0.368. The molecule has 0 aromatic carbocycles. The summed E-state index contributed by atoms with van der Waals surface area (Å²) >= 11 is 0. The van der Waals surface area contributed by atoms with Crippen LogP contribution in [0.3, 0.4) is 0 Å². The van der Waals surface area contributed by atoms with E-state index in [0.29, 0.717) is 6.04 Å². The molecule has 3 heteroatoms. The molecular formula is C8H16FNO. The monoisotopic (exact) mass is 161 g/mol. The van der Waals surface area contributed by atoms with E-state index < -0.39 is 0 Å². The topological polar surface area (TPSA) is 21.3 Å². The third kappa shape index (κ3) is 2.75. The quantitative estimate of drug-likeness (QED) is 0.667. The standard InChI is InChI=1S/C8H16FNO/c1-2-7-5-8(6-10-7)11-4-3-9/h7-8,10H,2-6H2,1H3. The van der Waals surface area contributed by atoms with Crippen molar-refractivity contribution in [2.24, 2.45) is 0 Å². The zero-order chi connectivity index (χ0) is 8.10. The van der Waals surface area contributed by atoms with E-state index in [1.165, 1.54) is 0 Å². The fourth-order valence-electron chi connectivity index (χ4n) is 1.43. The van der Waals surface area contributed by atoms with Gasteiger partial charge in [-0.1, -0.05) is 6.92 Å². The van der Waals surface area contributed by atoms with Gasteiger partial charge in [-0.25, -0.2) is 4.39 Å². The molecule has 1 aliphatic heterocycles. The molecule has 1 saturated heterocycles. The van der Waals surface area contributed by atoms with Crippen molar-refractivity contribution in [3.05, 3.63) is 0 Å². The van der Waals surface area contributed by atoms with E-state index in [2.05, 4.69) is 12.2 Å². The molecule has 0 amide bonds. The van der Waals surface area contributed by atoms with Crippen LogP contribution in [0.5, 0.6) is 0 Å². The normalized spacial score (nSPS) is 31.1. The zero-order valence-corrected chi connectivity index (χ0v) is 6.98. The number of nitrogens with one attached hydrogen (secondary N) is 1. The van der Waals surface area contributed by atoms with Crippen LogP contribution in [0.25, 0.3) is 0 Å². The summed E-state index contributed by atoms with van der Waals surface area (Å²) in [5.74, 6) is 0. The largest absolute Gasteiger partial charge is 0.374 e. The van der Waals surface area contributed by atoms with Gasteiger partial charge in [0.25, 0.3) is 0 Å². The second-order valence-electron chi connectivity index (χ2n) is 2.93. The first-order valence-corrected chi connectivity index (χ1v) is 4.27. The Morgan fingerprint density at radius 2 is 2.45 bits per heavy atom. The second kappa shape index (κ2) is 4.67. The number of hydrogen-bond donors (Lipinski definition) is 1. The van der Waals surface area contributed by atoms with Crippen molar-refractivity contribution in [1.29, 1.82) is 0 Å². The maximum absolute atomic E-state index is 11.7. The van der Waals surface area contributed by atoms with Gasteiger partial charge in [0.1, 0.15) is 6.67 Å². The van der Waals surface area contributed by atoms with Gasteiger partial charge in [-0.15, -0.1) is 0 Å². The number of hydrogen-bond acceptors (Lipinski definition) is 2. The van der Waals surface area contributed by atoms with Crippen molar-refractivity contribution in [2.45, 2.75) is 31.9 Å². The second-order valence-corrected chi connectivity index (χ2v) is 2.93. The highest BCUT2D eigenvalue weighted by Crippen LogP contribution is 2.12. The van der Waals surface area contributed by atoms with E-state index in [1.54, 1.807) is 0 Å². The first-order valence-electron chi connectivity index (χ1n) is 4.27. The number of halogens is 1. The van der Waals surface area contributed by atoms with Crippen LogP contribution >= 0.6 is 0 Å². The number of alkyl halides is 1. The lowest BCUT2D eigenvalue weighted by molar-refractivity contribution is 0.0557. The van der Waals surface area contributed by atoms with Crippen LogP contribution in [0.1, 0.15) is 19.8 Å². The average Bonchev–Trinajstić information content (AvgIpc) is 2.48. The molecular weight excluding hydrogens is 145 g/mol. The van der Waals surface area contributed by atoms with Crippen LogP contribution in [0.2, 0.25) is 0 Å². The molecule has 1 rings (SSSR count). The van der Waals surface area contributed by atoms with Gasteiger partial charge >= 0.3 is 0 Å². The van der Waals surface area contributed by atoms with E-state index >= 15 is 0 Å². The highest BCUT2D eigenvalue weighted by Gasteiger charge is 2.22. The van der Waals surface area contributed by atoms with Gasteiger partial charge in [0.15, 0.2) is 0 Å². The summed E-state index contributed by atoms with van der Waals surface area (Å²) in [7, 11) is 0. The molecule has 1 heterocycles.